The van der Waals surface area contributed by atoms with E-state index in [4.69, 9.17) is 14.7 Å². The van der Waals surface area contributed by atoms with Crippen LogP contribution in [-0.4, -0.2) is 23.2 Å². The van der Waals surface area contributed by atoms with Crippen LogP contribution in [0.15, 0.2) is 12.3 Å². The van der Waals surface area contributed by atoms with Gasteiger partial charge in [0.2, 0.25) is 5.88 Å². The van der Waals surface area contributed by atoms with Gasteiger partial charge in [-0.1, -0.05) is 0 Å². The van der Waals surface area contributed by atoms with Crippen molar-refractivity contribution in [1.29, 1.82) is 5.26 Å². The predicted octanol–water partition coefficient (Wildman–Crippen LogP) is 2.31. The van der Waals surface area contributed by atoms with Crippen molar-refractivity contribution < 1.29 is 14.3 Å². The molecular formula is C13H16N2O3. The molecule has 18 heavy (non-hydrogen) atoms. The summed E-state index contributed by atoms with van der Waals surface area (Å²) in [6, 6.07) is 3.38. The standard InChI is InChI=1S/C13H16N2O3/c1-8(2)17-12-10(6-14)5-11(7-15-12)13(16)18-9(3)4/h5,7-9H,1-4H3. The van der Waals surface area contributed by atoms with Crippen LogP contribution >= 0.6 is 0 Å². The summed E-state index contributed by atoms with van der Waals surface area (Å²) in [6.07, 6.45) is 1.05. The fourth-order valence-corrected chi connectivity index (χ4v) is 1.24. The van der Waals surface area contributed by atoms with E-state index in [2.05, 4.69) is 4.98 Å². The molecule has 0 N–H and O–H groups in total. The van der Waals surface area contributed by atoms with Gasteiger partial charge in [0.15, 0.2) is 0 Å². The Labute approximate surface area is 106 Å². The molecule has 5 heteroatoms. The minimum atomic E-state index is -0.495. The largest absolute Gasteiger partial charge is 0.474 e. The summed E-state index contributed by atoms with van der Waals surface area (Å²) in [5, 5.41) is 9.00. The van der Waals surface area contributed by atoms with Gasteiger partial charge in [0.1, 0.15) is 11.6 Å². The van der Waals surface area contributed by atoms with E-state index >= 15 is 0 Å². The minimum Gasteiger partial charge on any atom is -0.474 e. The number of esters is 1. The van der Waals surface area contributed by atoms with Crippen molar-refractivity contribution in [1.82, 2.24) is 4.98 Å². The SMILES string of the molecule is CC(C)OC(=O)c1cnc(OC(C)C)c(C#N)c1. The molecule has 1 heterocycles. The van der Waals surface area contributed by atoms with Crippen molar-refractivity contribution in [3.8, 4) is 11.9 Å². The fourth-order valence-electron chi connectivity index (χ4n) is 1.24. The van der Waals surface area contributed by atoms with E-state index in [1.807, 2.05) is 19.9 Å². The molecule has 0 saturated heterocycles. The third-order valence-electron chi connectivity index (χ3n) is 1.90. The van der Waals surface area contributed by atoms with E-state index < -0.39 is 5.97 Å². The number of carbonyl (C=O) groups excluding carboxylic acids is 1. The minimum absolute atomic E-state index is 0.0851. The molecule has 1 aromatic heterocycles. The molecule has 1 rings (SSSR count). The van der Waals surface area contributed by atoms with Gasteiger partial charge in [-0.3, -0.25) is 0 Å². The van der Waals surface area contributed by atoms with E-state index in [9.17, 15) is 4.79 Å². The molecule has 0 atom stereocenters. The molecule has 0 aromatic carbocycles. The molecule has 0 bridgehead atoms. The van der Waals surface area contributed by atoms with Gasteiger partial charge in [-0.15, -0.1) is 0 Å². The van der Waals surface area contributed by atoms with Crippen LogP contribution in [0.4, 0.5) is 0 Å². The van der Waals surface area contributed by atoms with E-state index in [-0.39, 0.29) is 29.2 Å². The summed E-state index contributed by atoms with van der Waals surface area (Å²) >= 11 is 0. The molecule has 0 radical (unpaired) electrons. The number of aromatic nitrogens is 1. The van der Waals surface area contributed by atoms with Gasteiger partial charge in [0.05, 0.1) is 17.8 Å². The first kappa shape index (κ1) is 14.0. The zero-order valence-corrected chi connectivity index (χ0v) is 10.9. The highest BCUT2D eigenvalue weighted by atomic mass is 16.5. The molecule has 1 aromatic rings. The van der Waals surface area contributed by atoms with Gasteiger partial charge in [-0.25, -0.2) is 9.78 Å². The van der Waals surface area contributed by atoms with Crippen molar-refractivity contribution in [2.24, 2.45) is 0 Å². The first-order valence-electron chi connectivity index (χ1n) is 5.71. The van der Waals surface area contributed by atoms with Gasteiger partial charge < -0.3 is 9.47 Å². The summed E-state index contributed by atoms with van der Waals surface area (Å²) in [5.74, 6) is -0.265. The summed E-state index contributed by atoms with van der Waals surface area (Å²) in [6.45, 7) is 7.19. The number of hydrogen-bond acceptors (Lipinski definition) is 5. The van der Waals surface area contributed by atoms with Gasteiger partial charge in [0, 0.05) is 6.20 Å². The first-order chi connectivity index (χ1) is 8.43. The third-order valence-corrected chi connectivity index (χ3v) is 1.90. The number of carbonyl (C=O) groups is 1. The molecule has 0 amide bonds. The maximum atomic E-state index is 11.6. The quantitative estimate of drug-likeness (QED) is 0.764. The van der Waals surface area contributed by atoms with Crippen molar-refractivity contribution in [2.45, 2.75) is 39.9 Å². The lowest BCUT2D eigenvalue weighted by atomic mass is 10.2. The van der Waals surface area contributed by atoms with E-state index in [0.29, 0.717) is 0 Å². The van der Waals surface area contributed by atoms with Crippen molar-refractivity contribution >= 4 is 5.97 Å². The Morgan fingerprint density at radius 2 is 2.00 bits per heavy atom. The Balaban J connectivity index is 2.99. The number of hydrogen-bond donors (Lipinski definition) is 0. The van der Waals surface area contributed by atoms with E-state index in [0.717, 1.165) is 0 Å². The average Bonchev–Trinajstić information content (AvgIpc) is 2.27. The Morgan fingerprint density at radius 1 is 1.33 bits per heavy atom. The number of rotatable bonds is 4. The van der Waals surface area contributed by atoms with Crippen LogP contribution in [0.5, 0.6) is 5.88 Å². The number of ether oxygens (including phenoxy) is 2. The molecule has 0 aliphatic heterocycles. The second kappa shape index (κ2) is 6.01. The van der Waals surface area contributed by atoms with Crippen LogP contribution < -0.4 is 4.74 Å². The molecule has 0 fully saturated rings. The maximum Gasteiger partial charge on any atom is 0.340 e. The second-order valence-corrected chi connectivity index (χ2v) is 4.31. The van der Waals surface area contributed by atoms with Crippen molar-refractivity contribution in [3.05, 3.63) is 23.4 Å². The number of pyridine rings is 1. The molecule has 96 valence electrons. The maximum absolute atomic E-state index is 11.6. The van der Waals surface area contributed by atoms with Gasteiger partial charge >= 0.3 is 5.97 Å². The smallest absolute Gasteiger partial charge is 0.340 e. The second-order valence-electron chi connectivity index (χ2n) is 4.31. The van der Waals surface area contributed by atoms with E-state index in [1.54, 1.807) is 13.8 Å². The fraction of sp³-hybridized carbons (Fsp3) is 0.462. The molecular weight excluding hydrogens is 232 g/mol. The lowest BCUT2D eigenvalue weighted by Crippen LogP contribution is -2.13. The van der Waals surface area contributed by atoms with Crippen molar-refractivity contribution in [3.63, 3.8) is 0 Å². The number of nitriles is 1. The number of nitrogens with zero attached hydrogens (tertiary/aromatic N) is 2. The Bertz CT molecular complexity index is 476. The summed E-state index contributed by atoms with van der Waals surface area (Å²) in [7, 11) is 0. The summed E-state index contributed by atoms with van der Waals surface area (Å²) in [5.41, 5.74) is 0.471. The molecule has 5 nitrogen and oxygen atoms in total. The molecule has 0 saturated carbocycles. The van der Waals surface area contributed by atoms with Crippen LogP contribution in [0, 0.1) is 11.3 Å². The normalized spacial score (nSPS) is 10.3. The molecule has 0 unspecified atom stereocenters. The zero-order valence-electron chi connectivity index (χ0n) is 10.9. The van der Waals surface area contributed by atoms with Gasteiger partial charge in [-0.2, -0.15) is 5.26 Å². The first-order valence-corrected chi connectivity index (χ1v) is 5.71. The third kappa shape index (κ3) is 3.74. The van der Waals surface area contributed by atoms with E-state index in [1.165, 1.54) is 12.3 Å². The van der Waals surface area contributed by atoms with Gasteiger partial charge in [0.25, 0.3) is 0 Å². The summed E-state index contributed by atoms with van der Waals surface area (Å²) in [4.78, 5) is 15.6. The molecule has 0 aliphatic rings. The Kier molecular flexibility index (Phi) is 4.67. The van der Waals surface area contributed by atoms with Gasteiger partial charge in [-0.05, 0) is 33.8 Å². The highest BCUT2D eigenvalue weighted by Crippen LogP contribution is 2.17. The predicted molar refractivity (Wildman–Crippen MR) is 65.3 cm³/mol. The molecule has 0 aliphatic carbocycles. The van der Waals surface area contributed by atoms with Crippen LogP contribution in [-0.2, 0) is 4.74 Å². The van der Waals surface area contributed by atoms with Crippen LogP contribution in [0.3, 0.4) is 0 Å². The van der Waals surface area contributed by atoms with Crippen LogP contribution in [0.25, 0.3) is 0 Å². The highest BCUT2D eigenvalue weighted by molar-refractivity contribution is 5.89. The average molecular weight is 248 g/mol. The summed E-state index contributed by atoms with van der Waals surface area (Å²) < 4.78 is 10.4. The monoisotopic (exact) mass is 248 g/mol. The highest BCUT2D eigenvalue weighted by Gasteiger charge is 2.14. The Morgan fingerprint density at radius 3 is 2.50 bits per heavy atom. The van der Waals surface area contributed by atoms with Crippen molar-refractivity contribution in [2.75, 3.05) is 0 Å². The Hall–Kier alpha value is -2.09. The van der Waals surface area contributed by atoms with Crippen LogP contribution in [0.1, 0.15) is 43.6 Å². The lowest BCUT2D eigenvalue weighted by Gasteiger charge is -2.11. The topological polar surface area (TPSA) is 72.2 Å². The lowest BCUT2D eigenvalue weighted by molar-refractivity contribution is 0.0377. The zero-order chi connectivity index (χ0) is 13.7. The van der Waals surface area contributed by atoms with Crippen LogP contribution in [0.2, 0.25) is 0 Å². The molecule has 0 spiro atoms.